The number of unbranched alkanes of at least 4 members (excludes halogenated alkanes) is 1. The second-order valence-electron chi connectivity index (χ2n) is 8.04. The van der Waals surface area contributed by atoms with E-state index in [1.807, 2.05) is 24.3 Å². The van der Waals surface area contributed by atoms with Crippen molar-refractivity contribution < 1.29 is 0 Å². The third-order valence-electron chi connectivity index (χ3n) is 6.19. The molecule has 0 aliphatic heterocycles. The normalized spacial score (nSPS) is 16.8. The standard InChI is InChI=1S/C24H40N2/c1-6-9-14-20(4)19-24(26,8-3)23(5,7-2)21-15-10-12-17-22(25)18-13-11-16-21/h10-13,15-18,20H,6-9,14,19,25-26H2,1-5H3. The van der Waals surface area contributed by atoms with Crippen LogP contribution in [0.4, 0.5) is 5.69 Å². The number of hydrogen-bond acceptors (Lipinski definition) is 2. The van der Waals surface area contributed by atoms with Crippen molar-refractivity contribution in [2.24, 2.45) is 11.7 Å². The van der Waals surface area contributed by atoms with Crippen LogP contribution in [0.3, 0.4) is 0 Å². The molecule has 0 fully saturated rings. The molecule has 0 aliphatic rings. The second kappa shape index (κ2) is 10.6. The summed E-state index contributed by atoms with van der Waals surface area (Å²) < 4.78 is 0. The average molecular weight is 357 g/mol. The van der Waals surface area contributed by atoms with Crippen LogP contribution in [0.1, 0.15) is 78.7 Å². The van der Waals surface area contributed by atoms with Crippen LogP contribution in [0.5, 0.6) is 0 Å². The van der Waals surface area contributed by atoms with E-state index in [1.165, 1.54) is 24.8 Å². The highest BCUT2D eigenvalue weighted by Gasteiger charge is 2.44. The quantitative estimate of drug-likeness (QED) is 0.539. The highest BCUT2D eigenvalue weighted by atomic mass is 14.8. The fraction of sp³-hybridized carbons (Fsp3) is 0.583. The van der Waals surface area contributed by atoms with Crippen LogP contribution in [-0.2, 0) is 5.41 Å². The van der Waals surface area contributed by atoms with E-state index < -0.39 is 0 Å². The van der Waals surface area contributed by atoms with Gasteiger partial charge in [-0.2, -0.15) is 0 Å². The molecule has 0 heterocycles. The molecule has 3 unspecified atom stereocenters. The van der Waals surface area contributed by atoms with Crippen molar-refractivity contribution in [3.8, 4) is 0 Å². The lowest BCUT2D eigenvalue weighted by atomic mass is 9.61. The van der Waals surface area contributed by atoms with E-state index in [1.54, 1.807) is 0 Å². The number of nitrogen functional groups attached to an aromatic ring is 1. The molecule has 4 N–H and O–H groups in total. The highest BCUT2D eigenvalue weighted by molar-refractivity contribution is 5.35. The largest absolute Gasteiger partial charge is 0.399 e. The smallest absolute Gasteiger partial charge is 0.0313 e. The van der Waals surface area contributed by atoms with Crippen LogP contribution in [0.15, 0.2) is 48.5 Å². The molecule has 146 valence electrons. The van der Waals surface area contributed by atoms with Crippen molar-refractivity contribution in [3.05, 3.63) is 54.1 Å². The van der Waals surface area contributed by atoms with E-state index >= 15 is 0 Å². The van der Waals surface area contributed by atoms with Crippen molar-refractivity contribution in [3.63, 3.8) is 0 Å². The summed E-state index contributed by atoms with van der Waals surface area (Å²) in [6.45, 7) is 11.5. The van der Waals surface area contributed by atoms with Crippen LogP contribution in [0.2, 0.25) is 0 Å². The Morgan fingerprint density at radius 1 is 0.923 bits per heavy atom. The second-order valence-corrected chi connectivity index (χ2v) is 8.04. The Bertz CT molecular complexity index is 569. The summed E-state index contributed by atoms with van der Waals surface area (Å²) in [5.74, 6) is 0.646. The fourth-order valence-electron chi connectivity index (χ4n) is 4.01. The Morgan fingerprint density at radius 3 is 1.92 bits per heavy atom. The molecule has 26 heavy (non-hydrogen) atoms. The monoisotopic (exact) mass is 356 g/mol. The van der Waals surface area contributed by atoms with E-state index in [-0.39, 0.29) is 11.0 Å². The van der Waals surface area contributed by atoms with Crippen molar-refractivity contribution in [2.45, 2.75) is 84.1 Å². The molecule has 2 nitrogen and oxygen atoms in total. The van der Waals surface area contributed by atoms with Crippen LogP contribution in [0, 0.1) is 5.92 Å². The van der Waals surface area contributed by atoms with Gasteiger partial charge in [-0.15, -0.1) is 0 Å². The Morgan fingerprint density at radius 2 is 1.46 bits per heavy atom. The Hall–Kier alpha value is -1.54. The van der Waals surface area contributed by atoms with Crippen LogP contribution < -0.4 is 11.5 Å². The lowest BCUT2D eigenvalue weighted by Crippen LogP contribution is -2.57. The first-order chi connectivity index (χ1) is 12.3. The maximum atomic E-state index is 7.12. The third-order valence-corrected chi connectivity index (χ3v) is 6.19. The summed E-state index contributed by atoms with van der Waals surface area (Å²) in [6.07, 6.45) is 6.85. The van der Waals surface area contributed by atoms with Crippen molar-refractivity contribution in [1.29, 1.82) is 0 Å². The summed E-state index contributed by atoms with van der Waals surface area (Å²) in [5, 5.41) is 0. The molecule has 0 radical (unpaired) electrons. The number of nitrogens with two attached hydrogens (primary N) is 2. The van der Waals surface area contributed by atoms with Crippen LogP contribution >= 0.6 is 0 Å². The van der Waals surface area contributed by atoms with Gasteiger partial charge in [0.25, 0.3) is 0 Å². The van der Waals surface area contributed by atoms with E-state index in [0.29, 0.717) is 5.92 Å². The predicted molar refractivity (Wildman–Crippen MR) is 117 cm³/mol. The summed E-state index contributed by atoms with van der Waals surface area (Å²) in [5.41, 5.74) is 14.8. The molecule has 1 aromatic carbocycles. The topological polar surface area (TPSA) is 52.0 Å². The van der Waals surface area contributed by atoms with Gasteiger partial charge in [0.1, 0.15) is 0 Å². The third kappa shape index (κ3) is 5.74. The summed E-state index contributed by atoms with van der Waals surface area (Å²) >= 11 is 0. The minimum atomic E-state index is -0.221. The zero-order chi connectivity index (χ0) is 19.6. The van der Waals surface area contributed by atoms with Crippen molar-refractivity contribution >= 4 is 5.69 Å². The lowest BCUT2D eigenvalue weighted by Gasteiger charge is -2.47. The predicted octanol–water partition coefficient (Wildman–Crippen LogP) is 6.38. The van der Waals surface area contributed by atoms with Gasteiger partial charge in [0.2, 0.25) is 0 Å². The number of anilines is 1. The van der Waals surface area contributed by atoms with Crippen molar-refractivity contribution in [1.82, 2.24) is 0 Å². The first kappa shape index (κ1) is 22.5. The summed E-state index contributed by atoms with van der Waals surface area (Å²) in [4.78, 5) is 0. The lowest BCUT2D eigenvalue weighted by molar-refractivity contribution is 0.173. The average Bonchev–Trinajstić information content (AvgIpc) is 2.64. The minimum absolute atomic E-state index is 0.0780. The molecule has 0 aliphatic carbocycles. The maximum absolute atomic E-state index is 7.12. The summed E-state index contributed by atoms with van der Waals surface area (Å²) in [7, 11) is 0. The van der Waals surface area contributed by atoms with E-state index in [2.05, 4.69) is 58.9 Å². The van der Waals surface area contributed by atoms with Gasteiger partial charge in [0, 0.05) is 16.6 Å². The van der Waals surface area contributed by atoms with Crippen LogP contribution in [-0.4, -0.2) is 5.54 Å². The van der Waals surface area contributed by atoms with Gasteiger partial charge in [-0.25, -0.2) is 0 Å². The number of rotatable bonds is 9. The zero-order valence-corrected chi connectivity index (χ0v) is 17.6. The minimum Gasteiger partial charge on any atom is -0.399 e. The maximum Gasteiger partial charge on any atom is 0.0313 e. The molecule has 0 aromatic heterocycles. The summed E-state index contributed by atoms with van der Waals surface area (Å²) in [6, 6.07) is 16.4. The Kier molecular flexibility index (Phi) is 9.15. The van der Waals surface area contributed by atoms with Crippen molar-refractivity contribution in [2.75, 3.05) is 5.73 Å². The molecule has 2 heteroatoms. The van der Waals surface area contributed by atoms with E-state index in [0.717, 1.165) is 24.9 Å². The van der Waals surface area contributed by atoms with Gasteiger partial charge in [0.05, 0.1) is 0 Å². The molecule has 0 spiro atoms. The Balaban J connectivity index is 3.32. The molecular weight excluding hydrogens is 316 g/mol. The molecular formula is C24H40N2. The molecule has 0 bridgehead atoms. The first-order valence-corrected chi connectivity index (χ1v) is 10.3. The first-order valence-electron chi connectivity index (χ1n) is 10.3. The van der Waals surface area contributed by atoms with Gasteiger partial charge in [0.15, 0.2) is 0 Å². The van der Waals surface area contributed by atoms with Gasteiger partial charge in [-0.3, -0.25) is 0 Å². The highest BCUT2D eigenvalue weighted by Crippen LogP contribution is 2.42. The molecule has 0 amide bonds. The molecule has 1 aromatic rings. The molecule has 0 saturated carbocycles. The van der Waals surface area contributed by atoms with Gasteiger partial charge in [-0.1, -0.05) is 90.3 Å². The van der Waals surface area contributed by atoms with E-state index in [4.69, 9.17) is 11.5 Å². The molecule has 1 rings (SSSR count). The zero-order valence-electron chi connectivity index (χ0n) is 17.6. The molecule has 0 saturated heterocycles. The van der Waals surface area contributed by atoms with Gasteiger partial charge in [-0.05, 0) is 42.9 Å². The van der Waals surface area contributed by atoms with Gasteiger partial charge >= 0.3 is 0 Å². The SMILES string of the molecule is CCCCC(C)CC(N)(CC)C(C)(CC)c1ccccc(N)cccc1. The van der Waals surface area contributed by atoms with E-state index in [9.17, 15) is 0 Å². The number of hydrogen-bond donors (Lipinski definition) is 2. The van der Waals surface area contributed by atoms with Crippen LogP contribution in [0.25, 0.3) is 0 Å². The van der Waals surface area contributed by atoms with Gasteiger partial charge < -0.3 is 11.5 Å². The molecule has 3 atom stereocenters. The fourth-order valence-corrected chi connectivity index (χ4v) is 4.01. The Labute approximate surface area is 161 Å².